The number of carbonyl (C=O) groups excluding carboxylic acids is 1. The Hall–Kier alpha value is -2.93. The Bertz CT molecular complexity index is 759. The molecule has 2 N–H and O–H groups in total. The monoisotopic (exact) mass is 348 g/mol. The lowest BCUT2D eigenvalue weighted by Crippen LogP contribution is -2.30. The van der Waals surface area contributed by atoms with Gasteiger partial charge in [-0.25, -0.2) is 0 Å². The maximum Gasteiger partial charge on any atom is 0.305 e. The van der Waals surface area contributed by atoms with Gasteiger partial charge in [0.25, 0.3) is 11.6 Å². The van der Waals surface area contributed by atoms with Crippen LogP contribution in [0.4, 0.5) is 5.69 Å². The molecule has 2 aromatic carbocycles. The van der Waals surface area contributed by atoms with Gasteiger partial charge in [-0.1, -0.05) is 23.7 Å². The van der Waals surface area contributed by atoms with Gasteiger partial charge in [0.05, 0.1) is 17.4 Å². The SMILES string of the molecule is O=C(O)C[C@@H](NC(=O)c1ccc([N+](=O)[O-])cc1)c1ccc(Cl)cc1. The summed E-state index contributed by atoms with van der Waals surface area (Å²) in [5, 5.41) is 22.8. The number of non-ortho nitro benzene ring substituents is 1. The fraction of sp³-hybridized carbons (Fsp3) is 0.125. The maximum absolute atomic E-state index is 12.3. The van der Waals surface area contributed by atoms with Crippen molar-refractivity contribution >= 4 is 29.2 Å². The van der Waals surface area contributed by atoms with Gasteiger partial charge in [-0.15, -0.1) is 0 Å². The van der Waals surface area contributed by atoms with Gasteiger partial charge < -0.3 is 10.4 Å². The molecule has 0 saturated heterocycles. The Morgan fingerprint density at radius 1 is 1.12 bits per heavy atom. The second-order valence-electron chi connectivity index (χ2n) is 4.98. The molecule has 0 heterocycles. The van der Waals surface area contributed by atoms with E-state index in [-0.39, 0.29) is 17.7 Å². The van der Waals surface area contributed by atoms with E-state index in [1.54, 1.807) is 24.3 Å². The summed E-state index contributed by atoms with van der Waals surface area (Å²) in [6.07, 6.45) is -0.305. The highest BCUT2D eigenvalue weighted by Crippen LogP contribution is 2.20. The molecule has 0 aliphatic heterocycles. The third-order valence-electron chi connectivity index (χ3n) is 3.30. The summed E-state index contributed by atoms with van der Waals surface area (Å²) in [6.45, 7) is 0. The molecule has 0 aliphatic rings. The predicted octanol–water partition coefficient (Wildman–Crippen LogP) is 3.19. The number of nitrogens with zero attached hydrogens (tertiary/aromatic N) is 1. The number of nitro benzene ring substituents is 1. The van der Waals surface area contributed by atoms with E-state index in [2.05, 4.69) is 5.32 Å². The first-order valence-corrected chi connectivity index (χ1v) is 7.27. The highest BCUT2D eigenvalue weighted by Gasteiger charge is 2.19. The molecular formula is C16H13ClN2O5. The number of carbonyl (C=O) groups is 2. The third-order valence-corrected chi connectivity index (χ3v) is 3.55. The van der Waals surface area contributed by atoms with Gasteiger partial charge in [-0.2, -0.15) is 0 Å². The molecule has 2 aromatic rings. The Labute approximate surface area is 142 Å². The number of hydrogen-bond acceptors (Lipinski definition) is 4. The largest absolute Gasteiger partial charge is 0.481 e. The molecule has 0 aromatic heterocycles. The molecule has 1 atom stereocenters. The van der Waals surface area contributed by atoms with Crippen molar-refractivity contribution in [3.8, 4) is 0 Å². The lowest BCUT2D eigenvalue weighted by atomic mass is 10.0. The maximum atomic E-state index is 12.3. The highest BCUT2D eigenvalue weighted by molar-refractivity contribution is 6.30. The van der Waals surface area contributed by atoms with E-state index < -0.39 is 22.8 Å². The van der Waals surface area contributed by atoms with E-state index in [0.717, 1.165) is 0 Å². The van der Waals surface area contributed by atoms with Crippen molar-refractivity contribution in [2.45, 2.75) is 12.5 Å². The zero-order valence-corrected chi connectivity index (χ0v) is 13.1. The van der Waals surface area contributed by atoms with E-state index in [1.807, 2.05) is 0 Å². The number of carboxylic acid groups (broad SMARTS) is 1. The Morgan fingerprint density at radius 3 is 2.21 bits per heavy atom. The first-order chi connectivity index (χ1) is 11.4. The Morgan fingerprint density at radius 2 is 1.71 bits per heavy atom. The van der Waals surface area contributed by atoms with Crippen LogP contribution in [0.25, 0.3) is 0 Å². The number of carboxylic acids is 1. The lowest BCUT2D eigenvalue weighted by Gasteiger charge is -2.17. The van der Waals surface area contributed by atoms with Crippen LogP contribution in [0.15, 0.2) is 48.5 Å². The summed E-state index contributed by atoms with van der Waals surface area (Å²) < 4.78 is 0. The van der Waals surface area contributed by atoms with Gasteiger partial charge in [0.15, 0.2) is 0 Å². The number of nitrogens with one attached hydrogen (secondary N) is 1. The number of amides is 1. The van der Waals surface area contributed by atoms with Crippen LogP contribution in [0.5, 0.6) is 0 Å². The van der Waals surface area contributed by atoms with Crippen molar-refractivity contribution in [2.75, 3.05) is 0 Å². The molecule has 8 heteroatoms. The molecular weight excluding hydrogens is 336 g/mol. The van der Waals surface area contributed by atoms with Crippen LogP contribution in [0, 0.1) is 10.1 Å². The van der Waals surface area contributed by atoms with Gasteiger partial charge in [-0.05, 0) is 29.8 Å². The second-order valence-corrected chi connectivity index (χ2v) is 5.42. The number of nitro groups is 1. The van der Waals surface area contributed by atoms with Gasteiger partial charge in [0.2, 0.25) is 0 Å². The van der Waals surface area contributed by atoms with Crippen LogP contribution in [0.2, 0.25) is 5.02 Å². The van der Waals surface area contributed by atoms with E-state index in [4.69, 9.17) is 16.7 Å². The van der Waals surface area contributed by atoms with E-state index >= 15 is 0 Å². The molecule has 0 bridgehead atoms. The summed E-state index contributed by atoms with van der Waals surface area (Å²) >= 11 is 5.81. The molecule has 2 rings (SSSR count). The van der Waals surface area contributed by atoms with Crippen molar-refractivity contribution in [3.05, 3.63) is 74.8 Å². The fourth-order valence-electron chi connectivity index (χ4n) is 2.10. The molecule has 0 spiro atoms. The van der Waals surface area contributed by atoms with Crippen LogP contribution in [0.1, 0.15) is 28.4 Å². The van der Waals surface area contributed by atoms with Crippen molar-refractivity contribution in [2.24, 2.45) is 0 Å². The summed E-state index contributed by atoms with van der Waals surface area (Å²) in [5.74, 6) is -1.59. The summed E-state index contributed by atoms with van der Waals surface area (Å²) in [4.78, 5) is 33.3. The third kappa shape index (κ3) is 4.53. The predicted molar refractivity (Wildman–Crippen MR) is 87.0 cm³/mol. The molecule has 1 amide bonds. The van der Waals surface area contributed by atoms with Crippen molar-refractivity contribution in [1.82, 2.24) is 5.32 Å². The average molecular weight is 349 g/mol. The summed E-state index contributed by atoms with van der Waals surface area (Å²) in [5.41, 5.74) is 0.661. The van der Waals surface area contributed by atoms with Gasteiger partial charge in [0.1, 0.15) is 0 Å². The van der Waals surface area contributed by atoms with Crippen LogP contribution < -0.4 is 5.32 Å². The number of rotatable bonds is 6. The zero-order valence-electron chi connectivity index (χ0n) is 12.3. The Kier molecular flexibility index (Phi) is 5.49. The van der Waals surface area contributed by atoms with Crippen LogP contribution >= 0.6 is 11.6 Å². The molecule has 0 unspecified atom stereocenters. The van der Waals surface area contributed by atoms with Gasteiger partial charge in [-0.3, -0.25) is 19.7 Å². The van der Waals surface area contributed by atoms with Crippen molar-refractivity contribution < 1.29 is 19.6 Å². The molecule has 24 heavy (non-hydrogen) atoms. The van der Waals surface area contributed by atoms with E-state index in [1.165, 1.54) is 24.3 Å². The minimum Gasteiger partial charge on any atom is -0.481 e. The first-order valence-electron chi connectivity index (χ1n) is 6.89. The minimum atomic E-state index is -1.07. The van der Waals surface area contributed by atoms with Crippen molar-refractivity contribution in [3.63, 3.8) is 0 Å². The number of hydrogen-bond donors (Lipinski definition) is 2. The highest BCUT2D eigenvalue weighted by atomic mass is 35.5. The zero-order chi connectivity index (χ0) is 17.7. The molecule has 7 nitrogen and oxygen atoms in total. The standard InChI is InChI=1S/C16H13ClN2O5/c17-12-5-1-10(2-6-12)14(9-15(20)21)18-16(22)11-3-7-13(8-4-11)19(23)24/h1-8,14H,9H2,(H,18,22)(H,20,21)/t14-/m1/s1. The van der Waals surface area contributed by atoms with Crippen LogP contribution in [0.3, 0.4) is 0 Å². The quantitative estimate of drug-likeness (QED) is 0.615. The number of halogens is 1. The van der Waals surface area contributed by atoms with Crippen LogP contribution in [-0.2, 0) is 4.79 Å². The molecule has 124 valence electrons. The summed E-state index contributed by atoms with van der Waals surface area (Å²) in [6, 6.07) is 10.8. The molecule has 0 fully saturated rings. The fourth-order valence-corrected chi connectivity index (χ4v) is 2.22. The molecule has 0 aliphatic carbocycles. The number of benzene rings is 2. The summed E-state index contributed by atoms with van der Waals surface area (Å²) in [7, 11) is 0. The van der Waals surface area contributed by atoms with Crippen LogP contribution in [-0.4, -0.2) is 21.9 Å². The molecule has 0 radical (unpaired) electrons. The smallest absolute Gasteiger partial charge is 0.305 e. The first kappa shape index (κ1) is 17.4. The lowest BCUT2D eigenvalue weighted by molar-refractivity contribution is -0.384. The van der Waals surface area contributed by atoms with Crippen molar-refractivity contribution in [1.29, 1.82) is 0 Å². The van der Waals surface area contributed by atoms with Gasteiger partial charge >= 0.3 is 5.97 Å². The van der Waals surface area contributed by atoms with E-state index in [0.29, 0.717) is 10.6 Å². The Balaban J connectivity index is 2.18. The van der Waals surface area contributed by atoms with E-state index in [9.17, 15) is 19.7 Å². The van der Waals surface area contributed by atoms with Gasteiger partial charge in [0, 0.05) is 22.7 Å². The second kappa shape index (κ2) is 7.56. The minimum absolute atomic E-state index is 0.133. The molecule has 0 saturated carbocycles. The average Bonchev–Trinajstić information content (AvgIpc) is 2.54. The number of aliphatic carboxylic acids is 1. The topological polar surface area (TPSA) is 110 Å². The normalized spacial score (nSPS) is 11.5.